The molecule has 108 valence electrons. The highest BCUT2D eigenvalue weighted by Crippen LogP contribution is 2.49. The van der Waals surface area contributed by atoms with Crippen LogP contribution in [0, 0.1) is 29.6 Å². The van der Waals surface area contributed by atoms with Gasteiger partial charge < -0.3 is 10.4 Å². The zero-order valence-corrected chi connectivity index (χ0v) is 11.9. The quantitative estimate of drug-likeness (QED) is 0.776. The summed E-state index contributed by atoms with van der Waals surface area (Å²) in [7, 11) is 0. The standard InChI is InChI=1S/C15H25NO3/c1-9(2)13(15(18)19)8-16-14(17)7-12-6-10-3-4-11(12)5-10/h9-13H,3-8H2,1-2H3,(H,16,17)(H,18,19). The molecule has 19 heavy (non-hydrogen) atoms. The second-order valence-corrected chi connectivity index (χ2v) is 6.63. The predicted molar refractivity (Wildman–Crippen MR) is 72.5 cm³/mol. The molecule has 0 aliphatic heterocycles. The lowest BCUT2D eigenvalue weighted by Crippen LogP contribution is -2.36. The van der Waals surface area contributed by atoms with Crippen molar-refractivity contribution < 1.29 is 14.7 Å². The van der Waals surface area contributed by atoms with Crippen LogP contribution in [0.15, 0.2) is 0 Å². The molecule has 2 aliphatic carbocycles. The van der Waals surface area contributed by atoms with E-state index < -0.39 is 11.9 Å². The molecule has 2 saturated carbocycles. The molecule has 0 saturated heterocycles. The number of fused-ring (bicyclic) bond motifs is 2. The second kappa shape index (κ2) is 5.93. The lowest BCUT2D eigenvalue weighted by Gasteiger charge is -2.22. The number of carboxylic acids is 1. The van der Waals surface area contributed by atoms with E-state index in [1.54, 1.807) is 0 Å². The molecular formula is C15H25NO3. The lowest BCUT2D eigenvalue weighted by atomic mass is 9.86. The smallest absolute Gasteiger partial charge is 0.308 e. The molecule has 4 unspecified atom stereocenters. The van der Waals surface area contributed by atoms with Gasteiger partial charge in [0.1, 0.15) is 0 Å². The SMILES string of the molecule is CC(C)C(CNC(=O)CC1CC2CCC1C2)C(=O)O. The van der Waals surface area contributed by atoms with Crippen molar-refractivity contribution in [3.63, 3.8) is 0 Å². The predicted octanol–water partition coefficient (Wildman–Crippen LogP) is 2.29. The molecule has 2 fully saturated rings. The summed E-state index contributed by atoms with van der Waals surface area (Å²) in [5, 5.41) is 11.9. The second-order valence-electron chi connectivity index (χ2n) is 6.63. The Morgan fingerprint density at radius 2 is 2.00 bits per heavy atom. The van der Waals surface area contributed by atoms with Crippen LogP contribution in [0.25, 0.3) is 0 Å². The van der Waals surface area contributed by atoms with E-state index in [0.717, 1.165) is 11.8 Å². The average Bonchev–Trinajstić information content (AvgIpc) is 2.89. The number of aliphatic carboxylic acids is 1. The van der Waals surface area contributed by atoms with Crippen molar-refractivity contribution in [2.75, 3.05) is 6.54 Å². The Hall–Kier alpha value is -1.06. The Morgan fingerprint density at radius 3 is 2.47 bits per heavy atom. The van der Waals surface area contributed by atoms with Crippen LogP contribution in [0.2, 0.25) is 0 Å². The molecular weight excluding hydrogens is 242 g/mol. The Bertz CT molecular complexity index is 353. The van der Waals surface area contributed by atoms with Crippen LogP contribution < -0.4 is 5.32 Å². The van der Waals surface area contributed by atoms with E-state index in [-0.39, 0.29) is 18.4 Å². The maximum absolute atomic E-state index is 11.9. The number of hydrogen-bond acceptors (Lipinski definition) is 2. The molecule has 0 heterocycles. The van der Waals surface area contributed by atoms with Gasteiger partial charge in [-0.15, -0.1) is 0 Å². The van der Waals surface area contributed by atoms with E-state index in [1.165, 1.54) is 25.7 Å². The number of amides is 1. The first-order valence-electron chi connectivity index (χ1n) is 7.46. The van der Waals surface area contributed by atoms with Crippen LogP contribution in [0.4, 0.5) is 0 Å². The first-order chi connectivity index (χ1) is 8.97. The van der Waals surface area contributed by atoms with Gasteiger partial charge in [-0.25, -0.2) is 0 Å². The Morgan fingerprint density at radius 1 is 1.26 bits per heavy atom. The summed E-state index contributed by atoms with van der Waals surface area (Å²) in [6.45, 7) is 4.01. The molecule has 0 aromatic heterocycles. The van der Waals surface area contributed by atoms with Crippen molar-refractivity contribution in [1.82, 2.24) is 5.32 Å². The number of nitrogens with one attached hydrogen (secondary N) is 1. The van der Waals surface area contributed by atoms with Gasteiger partial charge in [-0.1, -0.05) is 20.3 Å². The van der Waals surface area contributed by atoms with Gasteiger partial charge in [-0.3, -0.25) is 9.59 Å². The maximum atomic E-state index is 11.9. The van der Waals surface area contributed by atoms with E-state index >= 15 is 0 Å². The molecule has 0 aromatic rings. The molecule has 4 nitrogen and oxygen atoms in total. The van der Waals surface area contributed by atoms with Crippen molar-refractivity contribution in [3.8, 4) is 0 Å². The zero-order valence-electron chi connectivity index (χ0n) is 11.9. The van der Waals surface area contributed by atoms with E-state index in [9.17, 15) is 9.59 Å². The van der Waals surface area contributed by atoms with Crippen LogP contribution in [0.3, 0.4) is 0 Å². The third-order valence-electron chi connectivity index (χ3n) is 4.97. The van der Waals surface area contributed by atoms with E-state index in [1.807, 2.05) is 13.8 Å². The monoisotopic (exact) mass is 267 g/mol. The van der Waals surface area contributed by atoms with Crippen LogP contribution in [0.1, 0.15) is 46.0 Å². The van der Waals surface area contributed by atoms with Gasteiger partial charge >= 0.3 is 5.97 Å². The lowest BCUT2D eigenvalue weighted by molar-refractivity contribution is -0.143. The fourth-order valence-corrected chi connectivity index (χ4v) is 3.77. The Labute approximate surface area is 115 Å². The van der Waals surface area contributed by atoms with Crippen molar-refractivity contribution in [3.05, 3.63) is 0 Å². The Balaban J connectivity index is 1.74. The minimum absolute atomic E-state index is 0.0319. The largest absolute Gasteiger partial charge is 0.481 e. The molecule has 4 heteroatoms. The van der Waals surface area contributed by atoms with Crippen LogP contribution in [-0.2, 0) is 9.59 Å². The fourth-order valence-electron chi connectivity index (χ4n) is 3.77. The van der Waals surface area contributed by atoms with Crippen molar-refractivity contribution in [2.24, 2.45) is 29.6 Å². The first-order valence-corrected chi connectivity index (χ1v) is 7.46. The van der Waals surface area contributed by atoms with E-state index in [2.05, 4.69) is 5.32 Å². The summed E-state index contributed by atoms with van der Waals surface area (Å²) in [4.78, 5) is 23.0. The highest BCUT2D eigenvalue weighted by atomic mass is 16.4. The van der Waals surface area contributed by atoms with E-state index in [0.29, 0.717) is 12.3 Å². The first kappa shape index (κ1) is 14.4. The molecule has 2 N–H and O–H groups in total. The highest BCUT2D eigenvalue weighted by Gasteiger charge is 2.40. The van der Waals surface area contributed by atoms with Crippen LogP contribution in [0.5, 0.6) is 0 Å². The number of hydrogen-bond donors (Lipinski definition) is 2. The van der Waals surface area contributed by atoms with Crippen LogP contribution >= 0.6 is 0 Å². The molecule has 1 amide bonds. The summed E-state index contributed by atoms with van der Waals surface area (Å²) in [5.74, 6) is 0.909. The molecule has 4 atom stereocenters. The van der Waals surface area contributed by atoms with Crippen molar-refractivity contribution >= 4 is 11.9 Å². The maximum Gasteiger partial charge on any atom is 0.308 e. The molecule has 2 rings (SSSR count). The highest BCUT2D eigenvalue weighted by molar-refractivity contribution is 5.77. The van der Waals surface area contributed by atoms with Gasteiger partial charge in [0.25, 0.3) is 0 Å². The normalized spacial score (nSPS) is 30.6. The molecule has 0 spiro atoms. The molecule has 0 radical (unpaired) electrons. The molecule has 2 aliphatic rings. The summed E-state index contributed by atoms with van der Waals surface area (Å²) < 4.78 is 0. The summed E-state index contributed by atoms with van der Waals surface area (Å²) in [5.41, 5.74) is 0. The fraction of sp³-hybridized carbons (Fsp3) is 0.867. The number of carboxylic acid groups (broad SMARTS) is 1. The topological polar surface area (TPSA) is 66.4 Å². The summed E-state index contributed by atoms with van der Waals surface area (Å²) >= 11 is 0. The van der Waals surface area contributed by atoms with Crippen molar-refractivity contribution in [1.29, 1.82) is 0 Å². The van der Waals surface area contributed by atoms with Gasteiger partial charge in [0.2, 0.25) is 5.91 Å². The minimum Gasteiger partial charge on any atom is -0.481 e. The van der Waals surface area contributed by atoms with Gasteiger partial charge in [-0.05, 0) is 42.9 Å². The van der Waals surface area contributed by atoms with Gasteiger partial charge in [0.15, 0.2) is 0 Å². The van der Waals surface area contributed by atoms with Gasteiger partial charge in [0.05, 0.1) is 5.92 Å². The van der Waals surface area contributed by atoms with E-state index in [4.69, 9.17) is 5.11 Å². The third-order valence-corrected chi connectivity index (χ3v) is 4.97. The third kappa shape index (κ3) is 3.48. The Kier molecular flexibility index (Phi) is 4.48. The molecule has 2 bridgehead atoms. The summed E-state index contributed by atoms with van der Waals surface area (Å²) in [6, 6.07) is 0. The van der Waals surface area contributed by atoms with Crippen molar-refractivity contribution in [2.45, 2.75) is 46.0 Å². The zero-order chi connectivity index (χ0) is 14.0. The number of carbonyl (C=O) groups excluding carboxylic acids is 1. The number of rotatable bonds is 6. The minimum atomic E-state index is -0.824. The van der Waals surface area contributed by atoms with Gasteiger partial charge in [0, 0.05) is 13.0 Å². The number of carbonyl (C=O) groups is 2. The molecule has 0 aromatic carbocycles. The van der Waals surface area contributed by atoms with Crippen LogP contribution in [-0.4, -0.2) is 23.5 Å². The average molecular weight is 267 g/mol. The summed E-state index contributed by atoms with van der Waals surface area (Å²) in [6.07, 6.45) is 5.72. The van der Waals surface area contributed by atoms with Gasteiger partial charge in [-0.2, -0.15) is 0 Å².